The van der Waals surface area contributed by atoms with Crippen LogP contribution in [0.25, 0.3) is 11.1 Å². The van der Waals surface area contributed by atoms with Gasteiger partial charge in [0.2, 0.25) is 5.95 Å². The highest BCUT2D eigenvalue weighted by molar-refractivity contribution is 5.77. The maximum absolute atomic E-state index is 14.9. The van der Waals surface area contributed by atoms with E-state index in [1.807, 2.05) is 0 Å². The first-order valence-corrected chi connectivity index (χ1v) is 9.68. The van der Waals surface area contributed by atoms with Gasteiger partial charge in [-0.05, 0) is 32.6 Å². The molecule has 2 aliphatic rings. The van der Waals surface area contributed by atoms with Crippen molar-refractivity contribution in [3.05, 3.63) is 30.3 Å². The molecule has 2 N–H and O–H groups in total. The first-order chi connectivity index (χ1) is 13.5. The van der Waals surface area contributed by atoms with Gasteiger partial charge in [0, 0.05) is 55.7 Å². The van der Waals surface area contributed by atoms with Gasteiger partial charge in [0.05, 0.1) is 24.6 Å². The first kappa shape index (κ1) is 18.9. The molecule has 7 nitrogen and oxygen atoms in total. The summed E-state index contributed by atoms with van der Waals surface area (Å²) in [6.45, 7) is 4.60. The second-order valence-corrected chi connectivity index (χ2v) is 7.61. The molecule has 1 aromatic heterocycles. The van der Waals surface area contributed by atoms with Crippen molar-refractivity contribution < 1.29 is 9.13 Å². The third kappa shape index (κ3) is 3.74. The summed E-state index contributed by atoms with van der Waals surface area (Å²) in [4.78, 5) is 15.3. The first-order valence-electron chi connectivity index (χ1n) is 9.68. The van der Waals surface area contributed by atoms with Crippen LogP contribution in [0.15, 0.2) is 24.5 Å². The lowest BCUT2D eigenvalue weighted by atomic mass is 10.1. The number of nitrogens with zero attached hydrogens (tertiary/aromatic N) is 5. The summed E-state index contributed by atoms with van der Waals surface area (Å²) in [5.74, 6) is 0.337. The highest BCUT2D eigenvalue weighted by Gasteiger charge is 2.26. The average Bonchev–Trinajstić information content (AvgIpc) is 3.21. The van der Waals surface area contributed by atoms with E-state index in [0.717, 1.165) is 38.3 Å². The minimum Gasteiger partial charge on any atom is -0.397 e. The number of hydrogen-bond donors (Lipinski definition) is 1. The molecule has 8 heteroatoms. The molecule has 0 amide bonds. The summed E-state index contributed by atoms with van der Waals surface area (Å²) in [5, 5.41) is 0. The van der Waals surface area contributed by atoms with E-state index >= 15 is 0 Å². The Labute approximate surface area is 164 Å². The maximum atomic E-state index is 14.9. The number of aromatic nitrogens is 2. The molecule has 1 aromatic carbocycles. The van der Waals surface area contributed by atoms with Gasteiger partial charge in [-0.15, -0.1) is 0 Å². The van der Waals surface area contributed by atoms with Crippen molar-refractivity contribution >= 4 is 17.3 Å². The Kier molecular flexibility index (Phi) is 5.32. The van der Waals surface area contributed by atoms with Crippen molar-refractivity contribution in [1.82, 2.24) is 14.9 Å². The van der Waals surface area contributed by atoms with E-state index in [0.29, 0.717) is 42.0 Å². The quantitative estimate of drug-likeness (QED) is 0.804. The molecule has 2 saturated heterocycles. The van der Waals surface area contributed by atoms with E-state index in [9.17, 15) is 4.39 Å². The summed E-state index contributed by atoms with van der Waals surface area (Å²) < 4.78 is 20.3. The maximum Gasteiger partial charge on any atom is 0.225 e. The van der Waals surface area contributed by atoms with Crippen LogP contribution in [0.3, 0.4) is 0 Å². The summed E-state index contributed by atoms with van der Waals surface area (Å²) in [6.07, 6.45) is 4.37. The van der Waals surface area contributed by atoms with E-state index < -0.39 is 0 Å². The van der Waals surface area contributed by atoms with Crippen molar-refractivity contribution in [2.75, 3.05) is 69.0 Å². The summed E-state index contributed by atoms with van der Waals surface area (Å²) in [6, 6.07) is 3.70. The van der Waals surface area contributed by atoms with E-state index in [1.54, 1.807) is 24.5 Å². The number of hydrogen-bond acceptors (Lipinski definition) is 7. The van der Waals surface area contributed by atoms with Gasteiger partial charge in [-0.3, -0.25) is 0 Å². The second kappa shape index (κ2) is 7.89. The van der Waals surface area contributed by atoms with Crippen LogP contribution in [0.4, 0.5) is 21.7 Å². The summed E-state index contributed by atoms with van der Waals surface area (Å²) in [5.41, 5.74) is 8.68. The normalized spacial score (nSPS) is 20.2. The summed E-state index contributed by atoms with van der Waals surface area (Å²) >= 11 is 0. The standard InChI is InChI=1S/C20H27FN6O/c1-25(2)15-3-4-27(13-15)19-10-17(21)16(9-18(19)22)14-11-23-20(24-12-14)26-5-7-28-8-6-26/h9-12,15H,3-8,13,22H2,1-2H3/t15-/m1/s1. The topological polar surface area (TPSA) is 70.8 Å². The molecular weight excluding hydrogens is 359 g/mol. The fraction of sp³-hybridized carbons (Fsp3) is 0.500. The van der Waals surface area contributed by atoms with Gasteiger partial charge >= 0.3 is 0 Å². The molecule has 28 heavy (non-hydrogen) atoms. The number of morpholine rings is 1. The minimum absolute atomic E-state index is 0.305. The number of ether oxygens (including phenoxy) is 1. The Hall–Kier alpha value is -2.45. The molecular formula is C20H27FN6O. The Morgan fingerprint density at radius 1 is 1.11 bits per heavy atom. The third-order valence-corrected chi connectivity index (χ3v) is 5.59. The van der Waals surface area contributed by atoms with Crippen molar-refractivity contribution in [2.45, 2.75) is 12.5 Å². The molecule has 2 fully saturated rings. The van der Waals surface area contributed by atoms with Gasteiger partial charge in [0.15, 0.2) is 0 Å². The monoisotopic (exact) mass is 386 g/mol. The van der Waals surface area contributed by atoms with Crippen molar-refractivity contribution in [1.29, 1.82) is 0 Å². The van der Waals surface area contributed by atoms with Crippen LogP contribution in [-0.4, -0.2) is 74.4 Å². The number of anilines is 3. The van der Waals surface area contributed by atoms with Gasteiger partial charge < -0.3 is 25.2 Å². The highest BCUT2D eigenvalue weighted by atomic mass is 19.1. The van der Waals surface area contributed by atoms with Crippen molar-refractivity contribution in [3.63, 3.8) is 0 Å². The average molecular weight is 386 g/mol. The predicted octanol–water partition coefficient (Wildman–Crippen LogP) is 1.84. The molecule has 0 spiro atoms. The zero-order chi connectivity index (χ0) is 19.7. The number of rotatable bonds is 4. The molecule has 0 unspecified atom stereocenters. The molecule has 0 bridgehead atoms. The fourth-order valence-electron chi connectivity index (χ4n) is 3.84. The zero-order valence-electron chi connectivity index (χ0n) is 16.4. The molecule has 1 atom stereocenters. The molecule has 2 aliphatic heterocycles. The number of halogens is 1. The van der Waals surface area contributed by atoms with E-state index in [4.69, 9.17) is 10.5 Å². The fourth-order valence-corrected chi connectivity index (χ4v) is 3.84. The summed E-state index contributed by atoms with van der Waals surface area (Å²) in [7, 11) is 4.14. The lowest BCUT2D eigenvalue weighted by molar-refractivity contribution is 0.122. The SMILES string of the molecule is CN(C)[C@@H]1CCN(c2cc(F)c(-c3cnc(N4CCOCC4)nc3)cc2N)C1. The van der Waals surface area contributed by atoms with Crippen LogP contribution in [0.5, 0.6) is 0 Å². The van der Waals surface area contributed by atoms with Gasteiger partial charge in [-0.2, -0.15) is 0 Å². The molecule has 2 aromatic rings. The van der Waals surface area contributed by atoms with E-state index in [1.165, 1.54) is 0 Å². The lowest BCUT2D eigenvalue weighted by Gasteiger charge is -2.26. The third-order valence-electron chi connectivity index (χ3n) is 5.59. The van der Waals surface area contributed by atoms with Gasteiger partial charge in [-0.25, -0.2) is 14.4 Å². The number of benzene rings is 1. The van der Waals surface area contributed by atoms with Crippen LogP contribution in [-0.2, 0) is 4.74 Å². The van der Waals surface area contributed by atoms with Crippen LogP contribution in [0.1, 0.15) is 6.42 Å². The smallest absolute Gasteiger partial charge is 0.225 e. The Morgan fingerprint density at radius 2 is 1.82 bits per heavy atom. The van der Waals surface area contributed by atoms with Crippen LogP contribution in [0, 0.1) is 5.82 Å². The van der Waals surface area contributed by atoms with E-state index in [-0.39, 0.29) is 5.82 Å². The van der Waals surface area contributed by atoms with Gasteiger partial charge in [0.25, 0.3) is 0 Å². The van der Waals surface area contributed by atoms with Crippen molar-refractivity contribution in [3.8, 4) is 11.1 Å². The molecule has 150 valence electrons. The number of nitrogens with two attached hydrogens (primary N) is 1. The van der Waals surface area contributed by atoms with E-state index in [2.05, 4.69) is 38.8 Å². The van der Waals surface area contributed by atoms with Crippen molar-refractivity contribution in [2.24, 2.45) is 0 Å². The Bertz CT molecular complexity index is 822. The van der Waals surface area contributed by atoms with Crippen LogP contribution in [0.2, 0.25) is 0 Å². The van der Waals surface area contributed by atoms with Crippen LogP contribution < -0.4 is 15.5 Å². The molecule has 0 aliphatic carbocycles. The van der Waals surface area contributed by atoms with Gasteiger partial charge in [-0.1, -0.05) is 0 Å². The Morgan fingerprint density at radius 3 is 2.46 bits per heavy atom. The molecule has 4 rings (SSSR count). The Balaban J connectivity index is 1.55. The van der Waals surface area contributed by atoms with Gasteiger partial charge in [0.1, 0.15) is 5.82 Å². The zero-order valence-corrected chi connectivity index (χ0v) is 16.4. The lowest BCUT2D eigenvalue weighted by Crippen LogP contribution is -2.37. The largest absolute Gasteiger partial charge is 0.397 e. The minimum atomic E-state index is -0.305. The molecule has 0 radical (unpaired) electrons. The second-order valence-electron chi connectivity index (χ2n) is 7.61. The molecule has 0 saturated carbocycles. The van der Waals surface area contributed by atoms with Crippen LogP contribution >= 0.6 is 0 Å². The number of nitrogen functional groups attached to an aromatic ring is 1. The highest BCUT2D eigenvalue weighted by Crippen LogP contribution is 2.34. The number of likely N-dealkylation sites (N-methyl/N-ethyl adjacent to an activating group) is 1. The predicted molar refractivity (Wildman–Crippen MR) is 109 cm³/mol. The molecule has 3 heterocycles.